The zero-order valence-corrected chi connectivity index (χ0v) is 9.89. The highest BCUT2D eigenvalue weighted by molar-refractivity contribution is 6.27. The summed E-state index contributed by atoms with van der Waals surface area (Å²) in [4.78, 5) is 0. The minimum Gasteiger partial charge on any atom is -0.0813 e. The lowest BCUT2D eigenvalue weighted by molar-refractivity contribution is 0.971. The first-order valence-electron chi connectivity index (χ1n) is 4.48. The van der Waals surface area contributed by atoms with Crippen LogP contribution in [0.25, 0.3) is 5.57 Å². The van der Waals surface area contributed by atoms with E-state index in [1.165, 1.54) is 26.9 Å². The first kappa shape index (κ1) is 7.81. The van der Waals surface area contributed by atoms with Crippen molar-refractivity contribution in [1.82, 2.24) is 0 Å². The molecule has 1 heteroatoms. The molecule has 1 unspecified atom stereocenters. The van der Waals surface area contributed by atoms with Crippen LogP contribution in [-0.2, 0) is 0 Å². The molecule has 0 aromatic heterocycles. The summed E-state index contributed by atoms with van der Waals surface area (Å²) in [5.41, 5.74) is 4.54. The van der Waals surface area contributed by atoms with E-state index in [0.717, 1.165) is 0 Å². The van der Waals surface area contributed by atoms with Crippen LogP contribution in [0, 0.1) is 0 Å². The minimum absolute atomic E-state index is 0.688. The molecule has 0 fully saturated rings. The smallest absolute Gasteiger partial charge is 0.0344 e. The van der Waals surface area contributed by atoms with Crippen LogP contribution in [0.4, 0.5) is 0 Å². The SMILES string of the molecule is CC1=C([SiH3])C(C)c2ccccc21. The van der Waals surface area contributed by atoms with Crippen LogP contribution in [0.3, 0.4) is 0 Å². The molecule has 0 nitrogen and oxygen atoms in total. The van der Waals surface area contributed by atoms with Gasteiger partial charge in [0.15, 0.2) is 0 Å². The van der Waals surface area contributed by atoms with E-state index >= 15 is 0 Å². The first-order valence-corrected chi connectivity index (χ1v) is 5.48. The van der Waals surface area contributed by atoms with Crippen LogP contribution in [0.2, 0.25) is 0 Å². The van der Waals surface area contributed by atoms with Gasteiger partial charge in [0, 0.05) is 10.2 Å². The highest BCUT2D eigenvalue weighted by Crippen LogP contribution is 2.39. The van der Waals surface area contributed by atoms with Gasteiger partial charge in [-0.1, -0.05) is 36.4 Å². The molecule has 0 N–H and O–H groups in total. The van der Waals surface area contributed by atoms with Gasteiger partial charge in [0.2, 0.25) is 0 Å². The number of fused-ring (bicyclic) bond motifs is 1. The Morgan fingerprint density at radius 2 is 1.92 bits per heavy atom. The quantitative estimate of drug-likeness (QED) is 0.527. The van der Waals surface area contributed by atoms with Crippen molar-refractivity contribution in [3.05, 3.63) is 40.6 Å². The Labute approximate surface area is 76.7 Å². The summed E-state index contributed by atoms with van der Waals surface area (Å²) >= 11 is 0. The maximum Gasteiger partial charge on any atom is 0.0344 e. The van der Waals surface area contributed by atoms with Crippen molar-refractivity contribution in [2.75, 3.05) is 0 Å². The average Bonchev–Trinajstić information content (AvgIpc) is 2.33. The number of rotatable bonds is 0. The molecule has 1 aliphatic rings. The molecule has 0 amide bonds. The lowest BCUT2D eigenvalue weighted by Gasteiger charge is -2.05. The fraction of sp³-hybridized carbons (Fsp3) is 0.273. The zero-order chi connectivity index (χ0) is 8.72. The Balaban J connectivity index is 2.65. The molecule has 0 bridgehead atoms. The van der Waals surface area contributed by atoms with E-state index < -0.39 is 0 Å². The lowest BCUT2D eigenvalue weighted by Crippen LogP contribution is -1.91. The van der Waals surface area contributed by atoms with E-state index in [1.807, 2.05) is 0 Å². The molecular weight excluding hydrogens is 160 g/mol. The molecule has 0 spiro atoms. The normalized spacial score (nSPS) is 21.7. The van der Waals surface area contributed by atoms with Gasteiger partial charge in [0.1, 0.15) is 0 Å². The predicted molar refractivity (Wildman–Crippen MR) is 57.4 cm³/mol. The van der Waals surface area contributed by atoms with E-state index in [-0.39, 0.29) is 0 Å². The predicted octanol–water partition coefficient (Wildman–Crippen LogP) is 1.90. The third-order valence-electron chi connectivity index (χ3n) is 3.07. The molecule has 1 atom stereocenters. The zero-order valence-electron chi connectivity index (χ0n) is 7.89. The Bertz CT molecular complexity index is 350. The molecule has 0 radical (unpaired) electrons. The van der Waals surface area contributed by atoms with Crippen LogP contribution >= 0.6 is 0 Å². The summed E-state index contributed by atoms with van der Waals surface area (Å²) in [5, 5.41) is 1.66. The van der Waals surface area contributed by atoms with E-state index in [4.69, 9.17) is 0 Å². The van der Waals surface area contributed by atoms with E-state index in [0.29, 0.717) is 5.92 Å². The monoisotopic (exact) mass is 174 g/mol. The number of hydrogen-bond donors (Lipinski definition) is 0. The summed E-state index contributed by atoms with van der Waals surface area (Å²) < 4.78 is 0. The molecule has 0 heterocycles. The molecule has 1 aromatic rings. The Morgan fingerprint density at radius 1 is 1.25 bits per heavy atom. The third kappa shape index (κ3) is 0.895. The Hall–Kier alpha value is -0.823. The number of allylic oxidation sites excluding steroid dienone is 2. The molecule has 1 aromatic carbocycles. The fourth-order valence-electron chi connectivity index (χ4n) is 1.99. The third-order valence-corrected chi connectivity index (χ3v) is 4.69. The second-order valence-electron chi connectivity index (χ2n) is 3.62. The lowest BCUT2D eigenvalue weighted by atomic mass is 10.0. The first-order chi connectivity index (χ1) is 5.72. The molecule has 0 saturated carbocycles. The summed E-state index contributed by atoms with van der Waals surface area (Å²) in [6.45, 7) is 4.57. The molecule has 12 heavy (non-hydrogen) atoms. The average molecular weight is 174 g/mol. The maximum absolute atomic E-state index is 2.32. The standard InChI is InChI=1S/C11H14Si/c1-7-9-5-3-4-6-10(9)8(2)11(7)12/h3-7H,1-2,12H3. The van der Waals surface area contributed by atoms with Crippen molar-refractivity contribution in [1.29, 1.82) is 0 Å². The van der Waals surface area contributed by atoms with Crippen LogP contribution in [0.5, 0.6) is 0 Å². The van der Waals surface area contributed by atoms with Gasteiger partial charge in [-0.25, -0.2) is 0 Å². The van der Waals surface area contributed by atoms with Gasteiger partial charge < -0.3 is 0 Å². The fourth-order valence-corrected chi connectivity index (χ4v) is 2.57. The van der Waals surface area contributed by atoms with Crippen LogP contribution in [0.15, 0.2) is 29.5 Å². The van der Waals surface area contributed by atoms with Gasteiger partial charge in [0.05, 0.1) is 0 Å². The van der Waals surface area contributed by atoms with Crippen molar-refractivity contribution in [3.8, 4) is 0 Å². The topological polar surface area (TPSA) is 0 Å². The Kier molecular flexibility index (Phi) is 1.69. The van der Waals surface area contributed by atoms with Crippen molar-refractivity contribution >= 4 is 15.8 Å². The van der Waals surface area contributed by atoms with Crippen LogP contribution < -0.4 is 0 Å². The number of benzene rings is 1. The second kappa shape index (κ2) is 2.59. The van der Waals surface area contributed by atoms with E-state index in [2.05, 4.69) is 38.1 Å². The largest absolute Gasteiger partial charge is 0.0813 e. The molecule has 1 aliphatic carbocycles. The van der Waals surface area contributed by atoms with Gasteiger partial charge >= 0.3 is 0 Å². The van der Waals surface area contributed by atoms with Gasteiger partial charge in [-0.2, -0.15) is 0 Å². The number of hydrogen-bond acceptors (Lipinski definition) is 0. The van der Waals surface area contributed by atoms with Gasteiger partial charge in [0.25, 0.3) is 0 Å². The molecule has 2 rings (SSSR count). The summed E-state index contributed by atoms with van der Waals surface area (Å²) in [5.74, 6) is 0.688. The summed E-state index contributed by atoms with van der Waals surface area (Å²) in [6, 6.07) is 8.78. The van der Waals surface area contributed by atoms with Crippen molar-refractivity contribution in [2.45, 2.75) is 19.8 Å². The van der Waals surface area contributed by atoms with Crippen molar-refractivity contribution in [3.63, 3.8) is 0 Å². The highest BCUT2D eigenvalue weighted by atomic mass is 28.1. The van der Waals surface area contributed by atoms with Gasteiger partial charge in [-0.15, -0.1) is 0 Å². The second-order valence-corrected chi connectivity index (χ2v) is 4.69. The highest BCUT2D eigenvalue weighted by Gasteiger charge is 2.21. The van der Waals surface area contributed by atoms with Gasteiger partial charge in [-0.05, 0) is 29.5 Å². The summed E-state index contributed by atoms with van der Waals surface area (Å²) in [7, 11) is 1.20. The van der Waals surface area contributed by atoms with Crippen molar-refractivity contribution < 1.29 is 0 Å². The van der Waals surface area contributed by atoms with Crippen LogP contribution in [-0.4, -0.2) is 10.2 Å². The van der Waals surface area contributed by atoms with Crippen LogP contribution in [0.1, 0.15) is 30.9 Å². The van der Waals surface area contributed by atoms with E-state index in [1.54, 1.807) is 5.20 Å². The summed E-state index contributed by atoms with van der Waals surface area (Å²) in [6.07, 6.45) is 0. The van der Waals surface area contributed by atoms with Crippen molar-refractivity contribution in [2.24, 2.45) is 0 Å². The maximum atomic E-state index is 2.32. The molecule has 62 valence electrons. The van der Waals surface area contributed by atoms with Gasteiger partial charge in [-0.3, -0.25) is 0 Å². The molecular formula is C11H14Si. The Morgan fingerprint density at radius 3 is 2.58 bits per heavy atom. The molecule has 0 saturated heterocycles. The minimum atomic E-state index is 0.688. The van der Waals surface area contributed by atoms with E-state index in [9.17, 15) is 0 Å². The molecule has 0 aliphatic heterocycles.